The van der Waals surface area contributed by atoms with Gasteiger partial charge in [-0.05, 0) is 23.8 Å². The van der Waals surface area contributed by atoms with Gasteiger partial charge in [0.05, 0.1) is 7.11 Å². The first-order chi connectivity index (χ1) is 9.70. The molecule has 1 heterocycles. The van der Waals surface area contributed by atoms with E-state index in [4.69, 9.17) is 9.47 Å². The maximum absolute atomic E-state index is 10.3. The highest BCUT2D eigenvalue weighted by Gasteiger charge is 2.36. The van der Waals surface area contributed by atoms with Crippen LogP contribution in [0.15, 0.2) is 48.5 Å². The van der Waals surface area contributed by atoms with Crippen LogP contribution in [0.25, 0.3) is 0 Å². The molecule has 0 spiro atoms. The Balaban J connectivity index is 1.94. The molecule has 2 N–H and O–H groups in total. The monoisotopic (exact) mass is 272 g/mol. The predicted octanol–water partition coefficient (Wildman–Crippen LogP) is 2.22. The third kappa shape index (κ3) is 2.13. The first-order valence-electron chi connectivity index (χ1n) is 6.46. The van der Waals surface area contributed by atoms with Crippen LogP contribution in [0.2, 0.25) is 0 Å². The molecule has 0 bridgehead atoms. The van der Waals surface area contributed by atoms with Crippen LogP contribution in [0.1, 0.15) is 23.3 Å². The summed E-state index contributed by atoms with van der Waals surface area (Å²) in [6, 6.07) is 14.5. The average molecular weight is 272 g/mol. The zero-order valence-electron chi connectivity index (χ0n) is 11.1. The van der Waals surface area contributed by atoms with Crippen molar-refractivity contribution in [1.29, 1.82) is 0 Å². The Morgan fingerprint density at radius 1 is 1.00 bits per heavy atom. The van der Waals surface area contributed by atoms with E-state index >= 15 is 0 Å². The Labute approximate surface area is 117 Å². The number of rotatable bonds is 2. The first kappa shape index (κ1) is 13.0. The van der Waals surface area contributed by atoms with Crippen molar-refractivity contribution in [2.45, 2.75) is 18.3 Å². The van der Waals surface area contributed by atoms with Crippen LogP contribution in [-0.2, 0) is 0 Å². The number of ether oxygens (including phenoxy) is 2. The summed E-state index contributed by atoms with van der Waals surface area (Å²) in [6.07, 6.45) is -2.55. The van der Waals surface area contributed by atoms with Gasteiger partial charge in [0.25, 0.3) is 0 Å². The van der Waals surface area contributed by atoms with E-state index in [1.54, 1.807) is 31.4 Å². The normalized spacial score (nSPS) is 24.6. The molecule has 3 unspecified atom stereocenters. The van der Waals surface area contributed by atoms with Crippen molar-refractivity contribution in [3.05, 3.63) is 59.7 Å². The fourth-order valence-electron chi connectivity index (χ4n) is 2.45. The van der Waals surface area contributed by atoms with Crippen LogP contribution in [0.4, 0.5) is 0 Å². The molecule has 104 valence electrons. The smallest absolute Gasteiger partial charge is 0.152 e. The third-order valence-electron chi connectivity index (χ3n) is 3.57. The summed E-state index contributed by atoms with van der Waals surface area (Å²) < 4.78 is 10.9. The standard InChI is InChI=1S/C16H16O4/c1-19-11-8-6-10(7-9-11)16-15(18)14(17)12-4-2-3-5-13(12)20-16/h2-9,14-18H,1H3. The van der Waals surface area contributed by atoms with E-state index in [2.05, 4.69) is 0 Å². The second-order valence-electron chi connectivity index (χ2n) is 4.78. The Hall–Kier alpha value is -2.04. The molecule has 0 fully saturated rings. The number of hydrogen-bond donors (Lipinski definition) is 2. The SMILES string of the molecule is COc1ccc(C2Oc3ccccc3C(O)C2O)cc1. The number of benzene rings is 2. The minimum absolute atomic E-state index is 0.592. The molecule has 0 aromatic heterocycles. The van der Waals surface area contributed by atoms with Crippen molar-refractivity contribution in [3.8, 4) is 11.5 Å². The van der Waals surface area contributed by atoms with Gasteiger partial charge in [0, 0.05) is 5.56 Å². The number of methoxy groups -OCH3 is 1. The summed E-state index contributed by atoms with van der Waals surface area (Å²) in [5.74, 6) is 1.34. The highest BCUT2D eigenvalue weighted by Crippen LogP contribution is 2.40. The summed E-state index contributed by atoms with van der Waals surface area (Å²) in [4.78, 5) is 0. The molecule has 0 radical (unpaired) electrons. The molecule has 1 aliphatic heterocycles. The molecule has 2 aromatic carbocycles. The second-order valence-corrected chi connectivity index (χ2v) is 4.78. The van der Waals surface area contributed by atoms with Gasteiger partial charge in [0.15, 0.2) is 6.10 Å². The van der Waals surface area contributed by atoms with Gasteiger partial charge >= 0.3 is 0 Å². The number of para-hydroxylation sites is 1. The second kappa shape index (κ2) is 5.15. The number of aliphatic hydroxyl groups is 2. The minimum Gasteiger partial charge on any atom is -0.497 e. The van der Waals surface area contributed by atoms with Gasteiger partial charge in [-0.25, -0.2) is 0 Å². The highest BCUT2D eigenvalue weighted by atomic mass is 16.5. The fourth-order valence-corrected chi connectivity index (χ4v) is 2.45. The van der Waals surface area contributed by atoms with E-state index in [9.17, 15) is 10.2 Å². The van der Waals surface area contributed by atoms with Crippen LogP contribution in [0.5, 0.6) is 11.5 Å². The van der Waals surface area contributed by atoms with Gasteiger partial charge in [-0.15, -0.1) is 0 Å². The molecular weight excluding hydrogens is 256 g/mol. The van der Waals surface area contributed by atoms with Crippen molar-refractivity contribution in [1.82, 2.24) is 0 Å². The Kier molecular flexibility index (Phi) is 3.34. The van der Waals surface area contributed by atoms with E-state index in [1.807, 2.05) is 24.3 Å². The van der Waals surface area contributed by atoms with Gasteiger partial charge in [-0.3, -0.25) is 0 Å². The molecule has 0 amide bonds. The minimum atomic E-state index is -1.00. The molecule has 20 heavy (non-hydrogen) atoms. The molecule has 4 nitrogen and oxygen atoms in total. The quantitative estimate of drug-likeness (QED) is 0.880. The topological polar surface area (TPSA) is 58.9 Å². The third-order valence-corrected chi connectivity index (χ3v) is 3.57. The molecule has 0 aliphatic carbocycles. The zero-order valence-corrected chi connectivity index (χ0v) is 11.1. The lowest BCUT2D eigenvalue weighted by Crippen LogP contribution is -2.34. The largest absolute Gasteiger partial charge is 0.497 e. The average Bonchev–Trinajstić information content (AvgIpc) is 2.51. The lowest BCUT2D eigenvalue weighted by molar-refractivity contribution is -0.0699. The van der Waals surface area contributed by atoms with E-state index in [1.165, 1.54) is 0 Å². The van der Waals surface area contributed by atoms with Crippen molar-refractivity contribution in [2.24, 2.45) is 0 Å². The van der Waals surface area contributed by atoms with Crippen LogP contribution in [0, 0.1) is 0 Å². The van der Waals surface area contributed by atoms with Crippen LogP contribution < -0.4 is 9.47 Å². The molecular formula is C16H16O4. The fraction of sp³-hybridized carbons (Fsp3) is 0.250. The van der Waals surface area contributed by atoms with E-state index < -0.39 is 18.3 Å². The van der Waals surface area contributed by atoms with Crippen LogP contribution >= 0.6 is 0 Å². The number of aliphatic hydroxyl groups excluding tert-OH is 2. The van der Waals surface area contributed by atoms with Gasteiger partial charge in [-0.2, -0.15) is 0 Å². The van der Waals surface area contributed by atoms with Crippen LogP contribution in [0.3, 0.4) is 0 Å². The molecule has 2 aromatic rings. The highest BCUT2D eigenvalue weighted by molar-refractivity contribution is 5.40. The molecule has 3 rings (SSSR count). The summed E-state index contributed by atoms with van der Waals surface area (Å²) in [7, 11) is 1.60. The maximum atomic E-state index is 10.3. The van der Waals surface area contributed by atoms with Crippen molar-refractivity contribution in [3.63, 3.8) is 0 Å². The first-order valence-corrected chi connectivity index (χ1v) is 6.46. The van der Waals surface area contributed by atoms with Crippen LogP contribution in [-0.4, -0.2) is 23.4 Å². The lowest BCUT2D eigenvalue weighted by atomic mass is 9.92. The molecule has 0 saturated heterocycles. The summed E-state index contributed by atoms with van der Waals surface area (Å²) in [5.41, 5.74) is 1.41. The summed E-state index contributed by atoms with van der Waals surface area (Å²) in [5, 5.41) is 20.5. The van der Waals surface area contributed by atoms with Gasteiger partial charge in [0.1, 0.15) is 23.7 Å². The van der Waals surface area contributed by atoms with Crippen molar-refractivity contribution in [2.75, 3.05) is 7.11 Å². The molecule has 3 atom stereocenters. The van der Waals surface area contributed by atoms with Crippen molar-refractivity contribution < 1.29 is 19.7 Å². The van der Waals surface area contributed by atoms with E-state index in [0.29, 0.717) is 11.3 Å². The summed E-state index contributed by atoms with van der Waals surface area (Å²) >= 11 is 0. The molecule has 1 aliphatic rings. The Bertz CT molecular complexity index is 594. The number of fused-ring (bicyclic) bond motifs is 1. The zero-order chi connectivity index (χ0) is 14.1. The molecule has 4 heteroatoms. The van der Waals surface area contributed by atoms with Gasteiger partial charge < -0.3 is 19.7 Å². The van der Waals surface area contributed by atoms with E-state index in [-0.39, 0.29) is 0 Å². The maximum Gasteiger partial charge on any atom is 0.152 e. The molecule has 0 saturated carbocycles. The van der Waals surface area contributed by atoms with Gasteiger partial charge in [0.2, 0.25) is 0 Å². The van der Waals surface area contributed by atoms with Gasteiger partial charge in [-0.1, -0.05) is 30.3 Å². The lowest BCUT2D eigenvalue weighted by Gasteiger charge is -2.34. The summed E-state index contributed by atoms with van der Waals surface area (Å²) in [6.45, 7) is 0. The Morgan fingerprint density at radius 2 is 1.70 bits per heavy atom. The number of hydrogen-bond acceptors (Lipinski definition) is 4. The predicted molar refractivity (Wildman–Crippen MR) is 73.8 cm³/mol. The van der Waals surface area contributed by atoms with Crippen molar-refractivity contribution >= 4 is 0 Å². The van der Waals surface area contributed by atoms with E-state index in [0.717, 1.165) is 11.3 Å². The Morgan fingerprint density at radius 3 is 2.40 bits per heavy atom.